The molecule has 0 aliphatic heterocycles. The minimum Gasteiger partial charge on any atom is -0.462 e. The lowest BCUT2D eigenvalue weighted by molar-refractivity contribution is -0.167. The molecule has 0 bridgehead atoms. The smallest absolute Gasteiger partial charge is 0.306 e. The normalized spacial score (nSPS) is 12.4. The van der Waals surface area contributed by atoms with Crippen LogP contribution >= 0.6 is 0 Å². The molecule has 1 atom stereocenters. The number of carbonyl (C=O) groups excluding carboxylic acids is 3. The molecule has 1 unspecified atom stereocenters. The van der Waals surface area contributed by atoms with Crippen LogP contribution in [0.2, 0.25) is 0 Å². The van der Waals surface area contributed by atoms with Crippen molar-refractivity contribution < 1.29 is 28.6 Å². The van der Waals surface area contributed by atoms with Crippen LogP contribution in [0.5, 0.6) is 0 Å². The standard InChI is InChI=1S/C69H124O6/c1-4-7-10-13-16-19-22-25-28-29-30-31-32-33-34-35-36-37-38-39-40-42-44-47-50-53-56-59-62-68(71)74-65-66(64-73-67(70)61-58-55-52-49-46-43-27-24-21-18-15-12-9-6-3)75-69(72)63-60-57-54-51-48-45-41-26-23-20-17-14-11-8-5-2/h8,11,15,17-18,20,24,26-27,41,66H,4-7,9-10,12-14,16,19,21-23,25,28-40,42-65H2,1-3H3/b11-8-,18-15-,20-17-,27-24-,41-26-. The molecule has 0 heterocycles. The second kappa shape index (κ2) is 63.6. The van der Waals surface area contributed by atoms with Gasteiger partial charge in [-0.2, -0.15) is 0 Å². The number of allylic oxidation sites excluding steroid dienone is 10. The molecule has 0 aliphatic carbocycles. The second-order valence-corrected chi connectivity index (χ2v) is 22.0. The highest BCUT2D eigenvalue weighted by molar-refractivity contribution is 5.71. The second-order valence-electron chi connectivity index (χ2n) is 22.0. The van der Waals surface area contributed by atoms with Crippen LogP contribution in [0.1, 0.15) is 342 Å². The van der Waals surface area contributed by atoms with Crippen molar-refractivity contribution in [3.05, 3.63) is 60.8 Å². The summed E-state index contributed by atoms with van der Waals surface area (Å²) in [6.07, 6.45) is 81.1. The maximum atomic E-state index is 12.9. The van der Waals surface area contributed by atoms with Crippen LogP contribution in [0.3, 0.4) is 0 Å². The third-order valence-corrected chi connectivity index (χ3v) is 14.5. The molecular formula is C69H124O6. The Kier molecular flexibility index (Phi) is 61.2. The quantitative estimate of drug-likeness (QED) is 0.0261. The van der Waals surface area contributed by atoms with Gasteiger partial charge in [-0.3, -0.25) is 14.4 Å². The van der Waals surface area contributed by atoms with Crippen molar-refractivity contribution in [2.24, 2.45) is 0 Å². The molecule has 0 saturated carbocycles. The van der Waals surface area contributed by atoms with Crippen LogP contribution < -0.4 is 0 Å². The summed E-state index contributed by atoms with van der Waals surface area (Å²) in [7, 11) is 0. The Bertz CT molecular complexity index is 1340. The van der Waals surface area contributed by atoms with E-state index in [4.69, 9.17) is 14.2 Å². The molecule has 0 spiro atoms. The molecule has 0 N–H and O–H groups in total. The monoisotopic (exact) mass is 1050 g/mol. The Morgan fingerprint density at radius 1 is 0.280 bits per heavy atom. The Balaban J connectivity index is 4.20. The lowest BCUT2D eigenvalue weighted by Crippen LogP contribution is -2.30. The number of esters is 3. The molecule has 0 aromatic rings. The van der Waals surface area contributed by atoms with Crippen molar-refractivity contribution in [2.75, 3.05) is 13.2 Å². The molecule has 0 radical (unpaired) electrons. The van der Waals surface area contributed by atoms with Gasteiger partial charge in [0, 0.05) is 19.3 Å². The SMILES string of the molecule is CC/C=C\C/C=C\C/C=C\CCCCCCCC(=O)OC(COC(=O)CCCCCCC/C=C\C/C=C\CCCC)COC(=O)CCCCCCCCCCCCCCCCCCCCCCCCCCCCCC. The molecular weight excluding hydrogens is 925 g/mol. The van der Waals surface area contributed by atoms with E-state index in [2.05, 4.69) is 81.5 Å². The van der Waals surface area contributed by atoms with Gasteiger partial charge in [-0.15, -0.1) is 0 Å². The van der Waals surface area contributed by atoms with Gasteiger partial charge < -0.3 is 14.2 Å². The molecule has 0 amide bonds. The number of hydrogen-bond donors (Lipinski definition) is 0. The molecule has 6 heteroatoms. The molecule has 0 saturated heterocycles. The fraction of sp³-hybridized carbons (Fsp3) is 0.812. The molecule has 0 aromatic heterocycles. The lowest BCUT2D eigenvalue weighted by Gasteiger charge is -2.18. The average molecular weight is 1050 g/mol. The maximum Gasteiger partial charge on any atom is 0.306 e. The molecule has 6 nitrogen and oxygen atoms in total. The largest absolute Gasteiger partial charge is 0.462 e. The van der Waals surface area contributed by atoms with Gasteiger partial charge in [0.25, 0.3) is 0 Å². The molecule has 0 aromatic carbocycles. The fourth-order valence-electron chi connectivity index (χ4n) is 9.59. The first kappa shape index (κ1) is 72.1. The topological polar surface area (TPSA) is 78.9 Å². The van der Waals surface area contributed by atoms with E-state index in [0.29, 0.717) is 19.3 Å². The minimum atomic E-state index is -0.789. The van der Waals surface area contributed by atoms with E-state index in [0.717, 1.165) is 116 Å². The van der Waals surface area contributed by atoms with Gasteiger partial charge in [0.1, 0.15) is 13.2 Å². The molecule has 436 valence electrons. The summed E-state index contributed by atoms with van der Waals surface area (Å²) >= 11 is 0. The van der Waals surface area contributed by atoms with Crippen LogP contribution in [0.15, 0.2) is 60.8 Å². The molecule has 0 aliphatic rings. The van der Waals surface area contributed by atoms with Crippen molar-refractivity contribution in [3.63, 3.8) is 0 Å². The van der Waals surface area contributed by atoms with Crippen LogP contribution in [0, 0.1) is 0 Å². The van der Waals surface area contributed by atoms with Gasteiger partial charge in [0.05, 0.1) is 0 Å². The Hall–Kier alpha value is -2.89. The van der Waals surface area contributed by atoms with E-state index >= 15 is 0 Å². The summed E-state index contributed by atoms with van der Waals surface area (Å²) in [4.78, 5) is 38.3. The lowest BCUT2D eigenvalue weighted by atomic mass is 10.0. The third kappa shape index (κ3) is 61.8. The van der Waals surface area contributed by atoms with E-state index in [1.165, 1.54) is 186 Å². The van der Waals surface area contributed by atoms with Crippen molar-refractivity contribution in [1.82, 2.24) is 0 Å². The highest BCUT2D eigenvalue weighted by Gasteiger charge is 2.19. The van der Waals surface area contributed by atoms with Gasteiger partial charge in [-0.1, -0.05) is 306 Å². The maximum absolute atomic E-state index is 12.9. The molecule has 75 heavy (non-hydrogen) atoms. The van der Waals surface area contributed by atoms with Crippen molar-refractivity contribution >= 4 is 17.9 Å². The predicted molar refractivity (Wildman–Crippen MR) is 325 cm³/mol. The summed E-state index contributed by atoms with van der Waals surface area (Å²) in [6.45, 7) is 6.51. The van der Waals surface area contributed by atoms with Crippen LogP contribution in [-0.2, 0) is 28.6 Å². The first-order valence-electron chi connectivity index (χ1n) is 32.8. The molecule has 0 fully saturated rings. The fourth-order valence-corrected chi connectivity index (χ4v) is 9.59. The van der Waals surface area contributed by atoms with Gasteiger partial charge >= 0.3 is 17.9 Å². The van der Waals surface area contributed by atoms with Crippen LogP contribution in [-0.4, -0.2) is 37.2 Å². The van der Waals surface area contributed by atoms with Crippen LogP contribution in [0.25, 0.3) is 0 Å². The Morgan fingerprint density at radius 3 is 0.853 bits per heavy atom. The van der Waals surface area contributed by atoms with Gasteiger partial charge in [0.15, 0.2) is 6.10 Å². The highest BCUT2D eigenvalue weighted by atomic mass is 16.6. The average Bonchev–Trinajstić information content (AvgIpc) is 3.41. The summed E-state index contributed by atoms with van der Waals surface area (Å²) < 4.78 is 16.9. The zero-order chi connectivity index (χ0) is 54.3. The van der Waals surface area contributed by atoms with Crippen LogP contribution in [0.4, 0.5) is 0 Å². The number of unbranched alkanes of at least 4 members (excludes halogenated alkanes) is 39. The Labute approximate surface area is 466 Å². The first-order chi connectivity index (χ1) is 37.0. The number of hydrogen-bond acceptors (Lipinski definition) is 6. The number of carbonyl (C=O) groups is 3. The highest BCUT2D eigenvalue weighted by Crippen LogP contribution is 2.18. The predicted octanol–water partition coefficient (Wildman–Crippen LogP) is 22.3. The van der Waals surface area contributed by atoms with E-state index in [1.54, 1.807) is 0 Å². The van der Waals surface area contributed by atoms with Crippen molar-refractivity contribution in [2.45, 2.75) is 348 Å². The number of rotatable bonds is 60. The summed E-state index contributed by atoms with van der Waals surface area (Å²) in [6, 6.07) is 0. The van der Waals surface area contributed by atoms with Gasteiger partial charge in [0.2, 0.25) is 0 Å². The van der Waals surface area contributed by atoms with E-state index in [1.807, 2.05) is 0 Å². The van der Waals surface area contributed by atoms with Gasteiger partial charge in [-0.25, -0.2) is 0 Å². The zero-order valence-corrected chi connectivity index (χ0v) is 50.1. The van der Waals surface area contributed by atoms with Gasteiger partial charge in [-0.05, 0) is 77.0 Å². The first-order valence-corrected chi connectivity index (χ1v) is 32.8. The minimum absolute atomic E-state index is 0.0831. The van der Waals surface area contributed by atoms with E-state index in [9.17, 15) is 14.4 Å². The van der Waals surface area contributed by atoms with E-state index in [-0.39, 0.29) is 31.1 Å². The summed E-state index contributed by atoms with van der Waals surface area (Å²) in [5.74, 6) is -0.898. The zero-order valence-electron chi connectivity index (χ0n) is 50.1. The molecule has 0 rings (SSSR count). The summed E-state index contributed by atoms with van der Waals surface area (Å²) in [5.41, 5.74) is 0. The summed E-state index contributed by atoms with van der Waals surface area (Å²) in [5, 5.41) is 0. The van der Waals surface area contributed by atoms with Crippen molar-refractivity contribution in [3.8, 4) is 0 Å². The Morgan fingerprint density at radius 2 is 0.533 bits per heavy atom. The third-order valence-electron chi connectivity index (χ3n) is 14.5. The van der Waals surface area contributed by atoms with E-state index < -0.39 is 6.10 Å². The number of ether oxygens (including phenoxy) is 3. The van der Waals surface area contributed by atoms with Crippen molar-refractivity contribution in [1.29, 1.82) is 0 Å².